The van der Waals surface area contributed by atoms with Crippen LogP contribution in [0.3, 0.4) is 0 Å². The van der Waals surface area contributed by atoms with Crippen molar-refractivity contribution in [2.75, 3.05) is 18.4 Å². The highest BCUT2D eigenvalue weighted by atomic mass is 16.2. The summed E-state index contributed by atoms with van der Waals surface area (Å²) in [4.78, 5) is 37.2. The first-order chi connectivity index (χ1) is 9.49. The lowest BCUT2D eigenvalue weighted by Gasteiger charge is -2.27. The largest absolute Gasteiger partial charge is 0.339 e. The van der Waals surface area contributed by atoms with Gasteiger partial charge in [0.2, 0.25) is 5.91 Å². The summed E-state index contributed by atoms with van der Waals surface area (Å²) in [6.45, 7) is 2.83. The van der Waals surface area contributed by atoms with Gasteiger partial charge in [0.05, 0.1) is 5.56 Å². The van der Waals surface area contributed by atoms with E-state index in [9.17, 15) is 14.4 Å². The van der Waals surface area contributed by atoms with E-state index in [-0.39, 0.29) is 23.1 Å². The molecule has 1 aromatic rings. The zero-order valence-corrected chi connectivity index (χ0v) is 11.8. The van der Waals surface area contributed by atoms with Crippen molar-refractivity contribution in [3.63, 3.8) is 0 Å². The Morgan fingerprint density at radius 1 is 1.20 bits per heavy atom. The zero-order valence-electron chi connectivity index (χ0n) is 11.8. The number of amides is 2. The van der Waals surface area contributed by atoms with Gasteiger partial charge in [0.15, 0.2) is 0 Å². The number of aryl methyl sites for hydroxylation is 1. The lowest BCUT2D eigenvalue weighted by molar-refractivity contribution is -0.114. The summed E-state index contributed by atoms with van der Waals surface area (Å²) in [6, 6.07) is 1.46. The highest BCUT2D eigenvalue weighted by molar-refractivity contribution is 5.96. The Balaban J connectivity index is 2.31. The maximum Gasteiger partial charge on any atom is 0.274 e. The van der Waals surface area contributed by atoms with Crippen LogP contribution >= 0.6 is 0 Å². The number of pyridine rings is 1. The molecular formula is C14H19N3O3. The average molecular weight is 277 g/mol. The molecule has 2 rings (SSSR count). The molecule has 0 bridgehead atoms. The first kappa shape index (κ1) is 14.3. The van der Waals surface area contributed by atoms with E-state index >= 15 is 0 Å². The Hall–Kier alpha value is -2.11. The molecular weight excluding hydrogens is 258 g/mol. The van der Waals surface area contributed by atoms with Gasteiger partial charge in [-0.2, -0.15) is 0 Å². The van der Waals surface area contributed by atoms with Crippen LogP contribution in [0.4, 0.5) is 5.69 Å². The van der Waals surface area contributed by atoms with Gasteiger partial charge in [-0.3, -0.25) is 14.4 Å². The van der Waals surface area contributed by atoms with Gasteiger partial charge in [0.1, 0.15) is 5.69 Å². The van der Waals surface area contributed by atoms with Gasteiger partial charge in [-0.25, -0.2) is 0 Å². The number of likely N-dealkylation sites (tertiary alicyclic amines) is 1. The van der Waals surface area contributed by atoms with Crippen molar-refractivity contribution in [3.05, 3.63) is 28.2 Å². The Labute approximate surface area is 117 Å². The Morgan fingerprint density at radius 3 is 2.45 bits per heavy atom. The number of carbonyl (C=O) groups is 2. The van der Waals surface area contributed by atoms with Crippen molar-refractivity contribution >= 4 is 17.5 Å². The fourth-order valence-electron chi connectivity index (χ4n) is 2.39. The predicted octanol–water partition coefficient (Wildman–Crippen LogP) is 0.970. The number of anilines is 1. The number of piperidine rings is 1. The maximum atomic E-state index is 12.4. The van der Waals surface area contributed by atoms with Gasteiger partial charge >= 0.3 is 0 Å². The molecule has 6 nitrogen and oxygen atoms in total. The minimum Gasteiger partial charge on any atom is -0.339 e. The molecule has 0 aliphatic carbocycles. The first-order valence-corrected chi connectivity index (χ1v) is 6.76. The summed E-state index contributed by atoms with van der Waals surface area (Å²) in [5.74, 6) is -0.420. The highest BCUT2D eigenvalue weighted by Crippen LogP contribution is 2.14. The van der Waals surface area contributed by atoms with Crippen LogP contribution in [-0.2, 0) is 11.8 Å². The molecule has 1 aliphatic rings. The molecule has 0 atom stereocenters. The van der Waals surface area contributed by atoms with Gasteiger partial charge < -0.3 is 14.8 Å². The molecule has 2 amide bonds. The summed E-state index contributed by atoms with van der Waals surface area (Å²) in [7, 11) is 1.57. The maximum absolute atomic E-state index is 12.4. The third-order valence-corrected chi connectivity index (χ3v) is 3.38. The highest BCUT2D eigenvalue weighted by Gasteiger charge is 2.20. The molecule has 108 valence electrons. The minimum atomic E-state index is -0.329. The molecule has 6 heteroatoms. The average Bonchev–Trinajstić information content (AvgIpc) is 2.43. The molecule has 1 aliphatic heterocycles. The lowest BCUT2D eigenvalue weighted by Crippen LogP contribution is -2.36. The number of hydrogen-bond donors (Lipinski definition) is 1. The van der Waals surface area contributed by atoms with Crippen LogP contribution in [0.1, 0.15) is 36.5 Å². The van der Waals surface area contributed by atoms with Crippen LogP contribution in [0, 0.1) is 0 Å². The van der Waals surface area contributed by atoms with Crippen molar-refractivity contribution in [1.82, 2.24) is 9.47 Å². The summed E-state index contributed by atoms with van der Waals surface area (Å²) >= 11 is 0. The van der Waals surface area contributed by atoms with Crippen molar-refractivity contribution < 1.29 is 9.59 Å². The van der Waals surface area contributed by atoms with Crippen LogP contribution < -0.4 is 10.9 Å². The van der Waals surface area contributed by atoms with Gasteiger partial charge in [0, 0.05) is 33.3 Å². The Bertz CT molecular complexity index is 586. The second-order valence-electron chi connectivity index (χ2n) is 5.09. The molecule has 0 spiro atoms. The van der Waals surface area contributed by atoms with Crippen molar-refractivity contribution in [2.45, 2.75) is 26.2 Å². The van der Waals surface area contributed by atoms with Crippen LogP contribution in [0.5, 0.6) is 0 Å². The predicted molar refractivity (Wildman–Crippen MR) is 75.7 cm³/mol. The molecule has 0 saturated carbocycles. The van der Waals surface area contributed by atoms with Crippen molar-refractivity contribution in [2.24, 2.45) is 7.05 Å². The van der Waals surface area contributed by atoms with Crippen LogP contribution in [0.15, 0.2) is 17.1 Å². The van der Waals surface area contributed by atoms with Gasteiger partial charge in [-0.1, -0.05) is 0 Å². The van der Waals surface area contributed by atoms with Crippen molar-refractivity contribution in [1.29, 1.82) is 0 Å². The lowest BCUT2D eigenvalue weighted by atomic mass is 10.1. The van der Waals surface area contributed by atoms with E-state index in [4.69, 9.17) is 0 Å². The summed E-state index contributed by atoms with van der Waals surface area (Å²) < 4.78 is 1.32. The number of rotatable bonds is 2. The number of nitrogens with one attached hydrogen (secondary N) is 1. The fraction of sp³-hybridized carbons (Fsp3) is 0.500. The van der Waals surface area contributed by atoms with E-state index in [0.29, 0.717) is 5.56 Å². The van der Waals surface area contributed by atoms with E-state index in [1.165, 1.54) is 23.8 Å². The summed E-state index contributed by atoms with van der Waals surface area (Å²) in [5.41, 5.74) is 0.246. The van der Waals surface area contributed by atoms with E-state index in [1.807, 2.05) is 0 Å². The molecule has 1 N–H and O–H groups in total. The smallest absolute Gasteiger partial charge is 0.274 e. The van der Waals surface area contributed by atoms with Crippen molar-refractivity contribution in [3.8, 4) is 0 Å². The molecule has 20 heavy (non-hydrogen) atoms. The second kappa shape index (κ2) is 5.90. The van der Waals surface area contributed by atoms with E-state index in [2.05, 4.69) is 5.32 Å². The van der Waals surface area contributed by atoms with Gasteiger partial charge in [-0.15, -0.1) is 0 Å². The SMILES string of the molecule is CC(=O)Nc1cc(C(=O)N2CCCCC2)cn(C)c1=O. The molecule has 0 radical (unpaired) electrons. The fourth-order valence-corrected chi connectivity index (χ4v) is 2.39. The van der Waals surface area contributed by atoms with E-state index < -0.39 is 0 Å². The standard InChI is InChI=1S/C14H19N3O3/c1-10(18)15-12-8-11(9-16(2)14(12)20)13(19)17-6-4-3-5-7-17/h8-9H,3-7H2,1-2H3,(H,15,18). The molecule has 0 unspecified atom stereocenters. The third-order valence-electron chi connectivity index (χ3n) is 3.38. The second-order valence-corrected chi connectivity index (χ2v) is 5.09. The van der Waals surface area contributed by atoms with Crippen LogP contribution in [-0.4, -0.2) is 34.4 Å². The topological polar surface area (TPSA) is 71.4 Å². The molecule has 1 fully saturated rings. The zero-order chi connectivity index (χ0) is 14.7. The van der Waals surface area contributed by atoms with Gasteiger partial charge in [0.25, 0.3) is 11.5 Å². The molecule has 1 saturated heterocycles. The Kier molecular flexibility index (Phi) is 4.22. The molecule has 1 aromatic heterocycles. The molecule has 2 heterocycles. The van der Waals surface area contributed by atoms with Crippen LogP contribution in [0.25, 0.3) is 0 Å². The molecule has 0 aromatic carbocycles. The van der Waals surface area contributed by atoms with E-state index in [1.54, 1.807) is 11.9 Å². The summed E-state index contributed by atoms with van der Waals surface area (Å²) in [5, 5.41) is 2.47. The first-order valence-electron chi connectivity index (χ1n) is 6.76. The summed E-state index contributed by atoms with van der Waals surface area (Å²) in [6.07, 6.45) is 4.69. The van der Waals surface area contributed by atoms with Crippen LogP contribution in [0.2, 0.25) is 0 Å². The number of hydrogen-bond acceptors (Lipinski definition) is 3. The van der Waals surface area contributed by atoms with E-state index in [0.717, 1.165) is 32.4 Å². The quantitative estimate of drug-likeness (QED) is 0.875. The monoisotopic (exact) mass is 277 g/mol. The third kappa shape index (κ3) is 3.07. The normalized spacial score (nSPS) is 15.0. The van der Waals surface area contributed by atoms with Gasteiger partial charge in [-0.05, 0) is 25.3 Å². The Morgan fingerprint density at radius 2 is 1.85 bits per heavy atom. The minimum absolute atomic E-state index is 0.0908. The number of carbonyl (C=O) groups excluding carboxylic acids is 2. The number of nitrogens with zero attached hydrogens (tertiary/aromatic N) is 2. The number of aromatic nitrogens is 1.